The second kappa shape index (κ2) is 8.72. The van der Waals surface area contributed by atoms with Crippen LogP contribution in [0.1, 0.15) is 5.69 Å². The molecule has 0 atom stereocenters. The van der Waals surface area contributed by atoms with Gasteiger partial charge in [0.25, 0.3) is 5.56 Å². The van der Waals surface area contributed by atoms with Crippen LogP contribution in [0.2, 0.25) is 0 Å². The fourth-order valence-corrected chi connectivity index (χ4v) is 4.30. The third-order valence-electron chi connectivity index (χ3n) is 4.98. The summed E-state index contributed by atoms with van der Waals surface area (Å²) in [5.41, 5.74) is 2.91. The van der Waals surface area contributed by atoms with Gasteiger partial charge >= 0.3 is 0 Å². The van der Waals surface area contributed by atoms with Crippen molar-refractivity contribution in [3.05, 3.63) is 101 Å². The van der Waals surface area contributed by atoms with Crippen LogP contribution in [0, 0.1) is 0 Å². The second-order valence-electron chi connectivity index (χ2n) is 7.05. The lowest BCUT2D eigenvalue weighted by Crippen LogP contribution is -2.21. The highest BCUT2D eigenvalue weighted by molar-refractivity contribution is 7.98. The van der Waals surface area contributed by atoms with Gasteiger partial charge in [-0.3, -0.25) is 9.36 Å². The van der Waals surface area contributed by atoms with Gasteiger partial charge in [-0.1, -0.05) is 48.2 Å². The van der Waals surface area contributed by atoms with Crippen LogP contribution in [0.15, 0.2) is 99.5 Å². The van der Waals surface area contributed by atoms with Gasteiger partial charge in [0.15, 0.2) is 5.16 Å². The van der Waals surface area contributed by atoms with Crippen molar-refractivity contribution >= 4 is 22.7 Å². The third-order valence-corrected chi connectivity index (χ3v) is 5.95. The number of oxazole rings is 1. The van der Waals surface area contributed by atoms with Crippen LogP contribution in [0.3, 0.4) is 0 Å². The van der Waals surface area contributed by atoms with E-state index in [1.807, 2.05) is 72.8 Å². The van der Waals surface area contributed by atoms with E-state index in [0.717, 1.165) is 11.3 Å². The number of nitrogens with zero attached hydrogens (tertiary/aromatic N) is 3. The highest BCUT2D eigenvalue weighted by Gasteiger charge is 2.15. The monoisotopic (exact) mass is 441 g/mol. The van der Waals surface area contributed by atoms with Crippen molar-refractivity contribution in [1.82, 2.24) is 14.5 Å². The summed E-state index contributed by atoms with van der Waals surface area (Å²) in [7, 11) is 1.60. The van der Waals surface area contributed by atoms with E-state index in [2.05, 4.69) is 4.98 Å². The van der Waals surface area contributed by atoms with Gasteiger partial charge in [-0.25, -0.2) is 9.97 Å². The van der Waals surface area contributed by atoms with Crippen LogP contribution in [0.4, 0.5) is 0 Å². The highest BCUT2D eigenvalue weighted by Crippen LogP contribution is 2.27. The Hall–Kier alpha value is -3.84. The lowest BCUT2D eigenvalue weighted by atomic mass is 10.2. The largest absolute Gasteiger partial charge is 0.497 e. The number of aromatic nitrogens is 3. The Morgan fingerprint density at radius 2 is 1.78 bits per heavy atom. The smallest absolute Gasteiger partial charge is 0.266 e. The minimum atomic E-state index is -0.128. The van der Waals surface area contributed by atoms with E-state index in [9.17, 15) is 4.79 Å². The van der Waals surface area contributed by atoms with Crippen LogP contribution in [-0.4, -0.2) is 21.6 Å². The van der Waals surface area contributed by atoms with Gasteiger partial charge in [-0.15, -0.1) is 0 Å². The summed E-state index contributed by atoms with van der Waals surface area (Å²) in [4.78, 5) is 22.7. The second-order valence-corrected chi connectivity index (χ2v) is 7.99. The minimum absolute atomic E-state index is 0.128. The molecule has 0 aliphatic carbocycles. The molecule has 0 N–H and O–H groups in total. The summed E-state index contributed by atoms with van der Waals surface area (Å²) in [6.07, 6.45) is 1.64. The van der Waals surface area contributed by atoms with Gasteiger partial charge < -0.3 is 9.15 Å². The van der Waals surface area contributed by atoms with Gasteiger partial charge in [0.05, 0.1) is 29.4 Å². The Morgan fingerprint density at radius 1 is 0.969 bits per heavy atom. The molecule has 2 aromatic heterocycles. The Morgan fingerprint density at radius 3 is 2.62 bits per heavy atom. The van der Waals surface area contributed by atoms with Crippen molar-refractivity contribution in [2.45, 2.75) is 10.9 Å². The van der Waals surface area contributed by atoms with E-state index in [4.69, 9.17) is 14.1 Å². The van der Waals surface area contributed by atoms with Gasteiger partial charge in [0.1, 0.15) is 12.0 Å². The number of benzene rings is 3. The molecule has 32 heavy (non-hydrogen) atoms. The summed E-state index contributed by atoms with van der Waals surface area (Å²) >= 11 is 1.43. The highest BCUT2D eigenvalue weighted by atomic mass is 32.2. The number of ether oxygens (including phenoxy) is 1. The van der Waals surface area contributed by atoms with E-state index in [-0.39, 0.29) is 5.56 Å². The van der Waals surface area contributed by atoms with E-state index in [1.54, 1.807) is 24.0 Å². The Balaban J connectivity index is 1.53. The van der Waals surface area contributed by atoms with Gasteiger partial charge in [-0.2, -0.15) is 0 Å². The van der Waals surface area contributed by atoms with Crippen molar-refractivity contribution in [2.75, 3.05) is 7.11 Å². The summed E-state index contributed by atoms with van der Waals surface area (Å²) in [5, 5.41) is 1.14. The maximum absolute atomic E-state index is 13.4. The van der Waals surface area contributed by atoms with E-state index >= 15 is 0 Å². The lowest BCUT2D eigenvalue weighted by molar-refractivity contribution is 0.414. The molecule has 0 unspecified atom stereocenters. The molecule has 0 fully saturated rings. The molecular formula is C25H19N3O3S. The molecule has 6 nitrogen and oxygen atoms in total. The molecule has 2 heterocycles. The molecule has 0 saturated heterocycles. The van der Waals surface area contributed by atoms with Crippen molar-refractivity contribution in [3.8, 4) is 22.9 Å². The molecule has 5 aromatic rings. The molecule has 0 aliphatic heterocycles. The zero-order valence-corrected chi connectivity index (χ0v) is 18.1. The molecule has 0 radical (unpaired) electrons. The first kappa shape index (κ1) is 20.1. The predicted octanol–water partition coefficient (Wildman–Crippen LogP) is 5.34. The first-order valence-electron chi connectivity index (χ1n) is 10.0. The summed E-state index contributed by atoms with van der Waals surface area (Å²) < 4.78 is 12.6. The molecule has 0 aliphatic rings. The standard InChI is InChI=1S/C25H19N3O3S/c1-30-20-11-7-10-19(14-20)28-24(29)21-12-5-6-13-22(21)27-25(28)32-16-18-15-31-23(26-18)17-8-3-2-4-9-17/h2-15H,16H2,1H3. The van der Waals surface area contributed by atoms with Crippen LogP contribution < -0.4 is 10.3 Å². The SMILES string of the molecule is COc1cccc(-n2c(SCc3coc(-c4ccccc4)n3)nc3ccccc3c2=O)c1. The molecule has 0 bridgehead atoms. The molecule has 3 aromatic carbocycles. The number of para-hydroxylation sites is 1. The topological polar surface area (TPSA) is 70.2 Å². The zero-order valence-electron chi connectivity index (χ0n) is 17.3. The fraction of sp³-hybridized carbons (Fsp3) is 0.0800. The van der Waals surface area contributed by atoms with Gasteiger partial charge in [-0.05, 0) is 36.4 Å². The van der Waals surface area contributed by atoms with E-state index in [0.29, 0.717) is 39.1 Å². The van der Waals surface area contributed by atoms with Crippen LogP contribution in [0.25, 0.3) is 28.0 Å². The third kappa shape index (κ3) is 3.90. The predicted molar refractivity (Wildman–Crippen MR) is 125 cm³/mol. The van der Waals surface area contributed by atoms with Crippen LogP contribution in [0.5, 0.6) is 5.75 Å². The average molecular weight is 442 g/mol. The number of methoxy groups -OCH3 is 1. The van der Waals surface area contributed by atoms with Gasteiger partial charge in [0, 0.05) is 17.4 Å². The number of hydrogen-bond acceptors (Lipinski definition) is 6. The fourth-order valence-electron chi connectivity index (χ4n) is 3.41. The summed E-state index contributed by atoms with van der Waals surface area (Å²) in [6.45, 7) is 0. The summed E-state index contributed by atoms with van der Waals surface area (Å²) in [6, 6.07) is 24.5. The normalized spacial score (nSPS) is 11.0. The Bertz CT molecular complexity index is 1440. The van der Waals surface area contributed by atoms with Crippen molar-refractivity contribution in [2.24, 2.45) is 0 Å². The van der Waals surface area contributed by atoms with Gasteiger partial charge in [0.2, 0.25) is 5.89 Å². The number of hydrogen-bond donors (Lipinski definition) is 0. The Kier molecular flexibility index (Phi) is 5.47. The molecule has 0 saturated carbocycles. The maximum atomic E-state index is 13.4. The van der Waals surface area contributed by atoms with E-state index < -0.39 is 0 Å². The molecule has 0 spiro atoms. The first-order valence-corrected chi connectivity index (χ1v) is 11.0. The average Bonchev–Trinajstić information content (AvgIpc) is 3.32. The lowest BCUT2D eigenvalue weighted by Gasteiger charge is -2.13. The minimum Gasteiger partial charge on any atom is -0.497 e. The quantitative estimate of drug-likeness (QED) is 0.262. The van der Waals surface area contributed by atoms with Crippen LogP contribution >= 0.6 is 11.8 Å². The Labute approximate surface area is 188 Å². The van der Waals surface area contributed by atoms with Crippen molar-refractivity contribution in [3.63, 3.8) is 0 Å². The number of thioether (sulfide) groups is 1. The summed E-state index contributed by atoms with van der Waals surface area (Å²) in [5.74, 6) is 1.74. The zero-order chi connectivity index (χ0) is 21.9. The van der Waals surface area contributed by atoms with Crippen molar-refractivity contribution < 1.29 is 9.15 Å². The van der Waals surface area contributed by atoms with Crippen LogP contribution in [-0.2, 0) is 5.75 Å². The number of fused-ring (bicyclic) bond motifs is 1. The molecule has 5 rings (SSSR count). The maximum Gasteiger partial charge on any atom is 0.266 e. The number of rotatable bonds is 6. The molecular weight excluding hydrogens is 422 g/mol. The molecule has 158 valence electrons. The first-order chi connectivity index (χ1) is 15.7. The van der Waals surface area contributed by atoms with Crippen molar-refractivity contribution in [1.29, 1.82) is 0 Å². The van der Waals surface area contributed by atoms with E-state index in [1.165, 1.54) is 11.8 Å². The molecule has 7 heteroatoms. The molecule has 0 amide bonds.